The fourth-order valence-electron chi connectivity index (χ4n) is 2.75. The maximum atomic E-state index is 12.2. The van der Waals surface area contributed by atoms with Crippen LogP contribution >= 0.6 is 0 Å². The van der Waals surface area contributed by atoms with Gasteiger partial charge in [-0.3, -0.25) is 9.59 Å². The molecule has 132 valence electrons. The van der Waals surface area contributed by atoms with Gasteiger partial charge in [0.25, 0.3) is 0 Å². The van der Waals surface area contributed by atoms with Gasteiger partial charge < -0.3 is 10.1 Å². The molecule has 0 atom stereocenters. The number of carbonyl (C=O) groups excluding carboxylic acids is 2. The fourth-order valence-corrected chi connectivity index (χ4v) is 2.75. The molecule has 4 nitrogen and oxygen atoms in total. The number of anilines is 1. The van der Waals surface area contributed by atoms with Crippen LogP contribution in [0.15, 0.2) is 42.5 Å². The molecule has 0 fully saturated rings. The molecule has 0 aliphatic carbocycles. The molecule has 2 rings (SSSR count). The highest BCUT2D eigenvalue weighted by Gasteiger charge is 2.12. The summed E-state index contributed by atoms with van der Waals surface area (Å²) in [5.74, 6) is 0.839. The molecule has 0 aliphatic rings. The summed E-state index contributed by atoms with van der Waals surface area (Å²) >= 11 is 0. The Balaban J connectivity index is 2.05. The van der Waals surface area contributed by atoms with E-state index >= 15 is 0 Å². The number of amides is 1. The number of benzene rings is 2. The van der Waals surface area contributed by atoms with Crippen LogP contribution in [-0.2, 0) is 17.6 Å². The smallest absolute Gasteiger partial charge is 0.228 e. The van der Waals surface area contributed by atoms with Gasteiger partial charge in [0.15, 0.2) is 5.78 Å². The summed E-state index contributed by atoms with van der Waals surface area (Å²) in [5.41, 5.74) is 3.43. The Kier molecular flexibility index (Phi) is 6.75. The van der Waals surface area contributed by atoms with Gasteiger partial charge in [0.1, 0.15) is 5.75 Å². The number of nitrogens with one attached hydrogen (secondary N) is 1. The molecule has 0 aromatic heterocycles. The van der Waals surface area contributed by atoms with Crippen molar-refractivity contribution in [2.24, 2.45) is 0 Å². The van der Waals surface area contributed by atoms with E-state index in [2.05, 4.69) is 5.32 Å². The Morgan fingerprint density at radius 3 is 2.36 bits per heavy atom. The first-order valence-electron chi connectivity index (χ1n) is 8.66. The fraction of sp³-hybridized carbons (Fsp3) is 0.333. The van der Waals surface area contributed by atoms with E-state index in [1.165, 1.54) is 0 Å². The van der Waals surface area contributed by atoms with E-state index < -0.39 is 0 Å². The lowest BCUT2D eigenvalue weighted by Crippen LogP contribution is -2.15. The summed E-state index contributed by atoms with van der Waals surface area (Å²) in [6.45, 7) is 4.03. The van der Waals surface area contributed by atoms with Crippen molar-refractivity contribution >= 4 is 17.4 Å². The molecule has 0 radical (unpaired) electrons. The Hall–Kier alpha value is -2.62. The van der Waals surface area contributed by atoms with Crippen LogP contribution in [0.2, 0.25) is 0 Å². The molecule has 4 heteroatoms. The Labute approximate surface area is 149 Å². The maximum absolute atomic E-state index is 12.2. The van der Waals surface area contributed by atoms with Crippen LogP contribution in [0.3, 0.4) is 0 Å². The van der Waals surface area contributed by atoms with E-state index in [9.17, 15) is 9.59 Å². The van der Waals surface area contributed by atoms with Gasteiger partial charge in [-0.25, -0.2) is 0 Å². The predicted molar refractivity (Wildman–Crippen MR) is 100 cm³/mol. The molecule has 0 heterocycles. The highest BCUT2D eigenvalue weighted by Crippen LogP contribution is 2.18. The average Bonchev–Trinajstić information content (AvgIpc) is 2.62. The third-order valence-corrected chi connectivity index (χ3v) is 4.07. The van der Waals surface area contributed by atoms with E-state index in [0.717, 1.165) is 41.0 Å². The number of aryl methyl sites for hydroxylation is 1. The zero-order valence-corrected chi connectivity index (χ0v) is 15.1. The molecule has 0 aliphatic heterocycles. The molecule has 0 saturated heterocycles. The molecule has 2 aromatic rings. The minimum absolute atomic E-state index is 0.0835. The minimum atomic E-state index is -0.0835. The Morgan fingerprint density at radius 2 is 1.76 bits per heavy atom. The average molecular weight is 339 g/mol. The first kappa shape index (κ1) is 18.7. The molecule has 2 aromatic carbocycles. The number of rotatable bonds is 8. The third kappa shape index (κ3) is 5.18. The minimum Gasteiger partial charge on any atom is -0.497 e. The van der Waals surface area contributed by atoms with Gasteiger partial charge in [-0.05, 0) is 48.2 Å². The molecule has 0 saturated carbocycles. The van der Waals surface area contributed by atoms with Gasteiger partial charge in [0, 0.05) is 17.7 Å². The summed E-state index contributed by atoms with van der Waals surface area (Å²) in [5, 5.41) is 2.88. The monoisotopic (exact) mass is 339 g/mol. The van der Waals surface area contributed by atoms with Crippen LogP contribution in [0, 0.1) is 0 Å². The van der Waals surface area contributed by atoms with E-state index in [1.807, 2.05) is 32.0 Å². The standard InChI is InChI=1S/C21H25NO3/c1-4-6-20(23)19-12-7-15(13-16(19)5-2)14-21(24)22-17-8-10-18(25-3)11-9-17/h7-13H,4-6,14H2,1-3H3,(H,22,24). The van der Waals surface area contributed by atoms with E-state index in [4.69, 9.17) is 4.74 Å². The lowest BCUT2D eigenvalue weighted by atomic mass is 9.96. The number of ether oxygens (including phenoxy) is 1. The predicted octanol–water partition coefficient (Wildman–Crippen LogP) is 4.42. The van der Waals surface area contributed by atoms with Gasteiger partial charge in [-0.2, -0.15) is 0 Å². The first-order valence-corrected chi connectivity index (χ1v) is 8.66. The summed E-state index contributed by atoms with van der Waals surface area (Å²) < 4.78 is 5.10. The lowest BCUT2D eigenvalue weighted by molar-refractivity contribution is -0.115. The second-order valence-corrected chi connectivity index (χ2v) is 5.97. The molecule has 25 heavy (non-hydrogen) atoms. The zero-order valence-electron chi connectivity index (χ0n) is 15.1. The van der Waals surface area contributed by atoms with Crippen LogP contribution in [0.4, 0.5) is 5.69 Å². The topological polar surface area (TPSA) is 55.4 Å². The summed E-state index contributed by atoms with van der Waals surface area (Å²) in [6.07, 6.45) is 2.46. The highest BCUT2D eigenvalue weighted by molar-refractivity contribution is 5.98. The Bertz CT molecular complexity index is 735. The van der Waals surface area contributed by atoms with Gasteiger partial charge in [-0.1, -0.05) is 32.0 Å². The molecular formula is C21H25NO3. The van der Waals surface area contributed by atoms with Crippen LogP contribution in [0.25, 0.3) is 0 Å². The number of methoxy groups -OCH3 is 1. The Morgan fingerprint density at radius 1 is 1.04 bits per heavy atom. The van der Waals surface area contributed by atoms with Crippen molar-refractivity contribution in [2.45, 2.75) is 39.5 Å². The van der Waals surface area contributed by atoms with Crippen molar-refractivity contribution < 1.29 is 14.3 Å². The quantitative estimate of drug-likeness (QED) is 0.724. The van der Waals surface area contributed by atoms with E-state index in [1.54, 1.807) is 31.4 Å². The summed E-state index contributed by atoms with van der Waals surface area (Å²) in [7, 11) is 1.60. The normalized spacial score (nSPS) is 10.4. The van der Waals surface area contributed by atoms with E-state index in [-0.39, 0.29) is 18.1 Å². The van der Waals surface area contributed by atoms with Crippen LogP contribution in [0.1, 0.15) is 48.2 Å². The molecular weight excluding hydrogens is 314 g/mol. The number of Topliss-reactive ketones (excluding diaryl/α,β-unsaturated/α-hetero) is 1. The molecule has 0 spiro atoms. The molecule has 1 N–H and O–H groups in total. The van der Waals surface area contributed by atoms with Crippen molar-refractivity contribution in [3.63, 3.8) is 0 Å². The third-order valence-electron chi connectivity index (χ3n) is 4.07. The van der Waals surface area contributed by atoms with Crippen molar-refractivity contribution in [3.8, 4) is 5.75 Å². The van der Waals surface area contributed by atoms with Crippen molar-refractivity contribution in [2.75, 3.05) is 12.4 Å². The number of ketones is 1. The summed E-state index contributed by atoms with van der Waals surface area (Å²) in [4.78, 5) is 24.4. The van der Waals surface area contributed by atoms with Crippen molar-refractivity contribution in [1.82, 2.24) is 0 Å². The van der Waals surface area contributed by atoms with Crippen LogP contribution in [0.5, 0.6) is 5.75 Å². The van der Waals surface area contributed by atoms with Crippen molar-refractivity contribution in [3.05, 3.63) is 59.2 Å². The van der Waals surface area contributed by atoms with Gasteiger partial charge >= 0.3 is 0 Å². The van der Waals surface area contributed by atoms with Gasteiger partial charge in [0.05, 0.1) is 13.5 Å². The second kappa shape index (κ2) is 9.02. The zero-order chi connectivity index (χ0) is 18.2. The van der Waals surface area contributed by atoms with Crippen LogP contribution in [-0.4, -0.2) is 18.8 Å². The molecule has 1 amide bonds. The van der Waals surface area contributed by atoms with Crippen molar-refractivity contribution in [1.29, 1.82) is 0 Å². The SMILES string of the molecule is CCCC(=O)c1ccc(CC(=O)Nc2ccc(OC)cc2)cc1CC. The number of hydrogen-bond donors (Lipinski definition) is 1. The lowest BCUT2D eigenvalue weighted by Gasteiger charge is -2.10. The molecule has 0 unspecified atom stereocenters. The second-order valence-electron chi connectivity index (χ2n) is 5.97. The van der Waals surface area contributed by atoms with E-state index in [0.29, 0.717) is 6.42 Å². The number of hydrogen-bond acceptors (Lipinski definition) is 3. The highest BCUT2D eigenvalue weighted by atomic mass is 16.5. The van der Waals surface area contributed by atoms with Gasteiger partial charge in [0.2, 0.25) is 5.91 Å². The maximum Gasteiger partial charge on any atom is 0.228 e. The van der Waals surface area contributed by atoms with Gasteiger partial charge in [-0.15, -0.1) is 0 Å². The molecule has 0 bridgehead atoms. The van der Waals surface area contributed by atoms with Crippen LogP contribution < -0.4 is 10.1 Å². The largest absolute Gasteiger partial charge is 0.497 e. The summed E-state index contributed by atoms with van der Waals surface area (Å²) in [6, 6.07) is 12.9. The number of carbonyl (C=O) groups is 2. The first-order chi connectivity index (χ1) is 12.1.